The number of nitrogens with one attached hydrogen (secondary N) is 1. The number of hydrogen-bond donors (Lipinski definition) is 2. The van der Waals surface area contributed by atoms with Crippen LogP contribution in [-0.4, -0.2) is 22.4 Å². The largest absolute Gasteiger partial charge is 0.507 e. The quantitative estimate of drug-likeness (QED) is 0.810. The molecule has 0 saturated heterocycles. The first-order valence-corrected chi connectivity index (χ1v) is 6.38. The van der Waals surface area contributed by atoms with Crippen LogP contribution in [0.25, 0.3) is 0 Å². The Kier molecular flexibility index (Phi) is 4.96. The van der Waals surface area contributed by atoms with Crippen molar-refractivity contribution >= 4 is 17.5 Å². The summed E-state index contributed by atoms with van der Waals surface area (Å²) >= 11 is 5.88. The Morgan fingerprint density at radius 2 is 2.06 bits per heavy atom. The van der Waals surface area contributed by atoms with Crippen LogP contribution in [0.1, 0.15) is 37.0 Å². The van der Waals surface area contributed by atoms with Crippen LogP contribution in [0.5, 0.6) is 5.75 Å². The third-order valence-electron chi connectivity index (χ3n) is 3.19. The fourth-order valence-electron chi connectivity index (χ4n) is 1.65. The Morgan fingerprint density at radius 3 is 2.56 bits per heavy atom. The van der Waals surface area contributed by atoms with Gasteiger partial charge in [-0.3, -0.25) is 4.79 Å². The van der Waals surface area contributed by atoms with E-state index in [0.29, 0.717) is 12.8 Å². The van der Waals surface area contributed by atoms with Gasteiger partial charge < -0.3 is 10.4 Å². The standard InChI is InChI=1S/C13H17ClFNO2/c1-3-13(4-2,8-14)16-12(18)10-7-9(15)5-6-11(10)17/h5-7,17H,3-4,8H2,1-2H3,(H,16,18). The van der Waals surface area contributed by atoms with E-state index >= 15 is 0 Å². The Hall–Kier alpha value is -1.29. The molecule has 2 N–H and O–H groups in total. The highest BCUT2D eigenvalue weighted by Crippen LogP contribution is 2.22. The molecule has 0 saturated carbocycles. The van der Waals surface area contributed by atoms with Gasteiger partial charge in [0, 0.05) is 5.88 Å². The van der Waals surface area contributed by atoms with Gasteiger partial charge in [0.25, 0.3) is 5.91 Å². The normalized spacial score (nSPS) is 11.3. The van der Waals surface area contributed by atoms with Gasteiger partial charge >= 0.3 is 0 Å². The highest BCUT2D eigenvalue weighted by atomic mass is 35.5. The molecule has 1 aromatic carbocycles. The van der Waals surface area contributed by atoms with E-state index in [-0.39, 0.29) is 17.2 Å². The molecular weight excluding hydrogens is 257 g/mol. The summed E-state index contributed by atoms with van der Waals surface area (Å²) in [7, 11) is 0. The van der Waals surface area contributed by atoms with E-state index < -0.39 is 17.3 Å². The third-order valence-corrected chi connectivity index (χ3v) is 3.70. The van der Waals surface area contributed by atoms with Gasteiger partial charge in [0.2, 0.25) is 0 Å². The summed E-state index contributed by atoms with van der Waals surface area (Å²) in [5, 5.41) is 12.3. The van der Waals surface area contributed by atoms with Crippen molar-refractivity contribution in [2.75, 3.05) is 5.88 Å². The second kappa shape index (κ2) is 6.05. The van der Waals surface area contributed by atoms with Crippen molar-refractivity contribution in [1.29, 1.82) is 0 Å². The van der Waals surface area contributed by atoms with Crippen molar-refractivity contribution in [1.82, 2.24) is 5.32 Å². The van der Waals surface area contributed by atoms with Crippen molar-refractivity contribution in [3.05, 3.63) is 29.6 Å². The highest BCUT2D eigenvalue weighted by Gasteiger charge is 2.28. The number of phenols is 1. The second-order valence-electron chi connectivity index (χ2n) is 4.24. The van der Waals surface area contributed by atoms with E-state index in [1.54, 1.807) is 0 Å². The lowest BCUT2D eigenvalue weighted by Crippen LogP contribution is -2.49. The molecule has 0 aliphatic rings. The van der Waals surface area contributed by atoms with Gasteiger partial charge in [-0.05, 0) is 31.0 Å². The molecule has 3 nitrogen and oxygen atoms in total. The summed E-state index contributed by atoms with van der Waals surface area (Å²) in [6.07, 6.45) is 1.32. The molecule has 0 heterocycles. The van der Waals surface area contributed by atoms with Gasteiger partial charge in [-0.15, -0.1) is 11.6 Å². The summed E-state index contributed by atoms with van der Waals surface area (Å²) in [6.45, 7) is 3.83. The predicted octanol–water partition coefficient (Wildman–Crippen LogP) is 3.06. The molecule has 5 heteroatoms. The molecular formula is C13H17ClFNO2. The summed E-state index contributed by atoms with van der Waals surface area (Å²) in [5.41, 5.74) is -0.608. The van der Waals surface area contributed by atoms with E-state index in [1.807, 2.05) is 13.8 Å². The van der Waals surface area contributed by atoms with Crippen molar-refractivity contribution < 1.29 is 14.3 Å². The smallest absolute Gasteiger partial charge is 0.255 e. The summed E-state index contributed by atoms with van der Waals surface area (Å²) in [5.74, 6) is -1.06. The lowest BCUT2D eigenvalue weighted by molar-refractivity contribution is 0.0899. The zero-order valence-corrected chi connectivity index (χ0v) is 11.2. The minimum Gasteiger partial charge on any atom is -0.507 e. The number of carbonyl (C=O) groups excluding carboxylic acids is 1. The molecule has 0 fully saturated rings. The molecule has 0 aliphatic carbocycles. The molecule has 0 unspecified atom stereocenters. The highest BCUT2D eigenvalue weighted by molar-refractivity contribution is 6.19. The summed E-state index contributed by atoms with van der Waals surface area (Å²) < 4.78 is 13.1. The van der Waals surface area contributed by atoms with Crippen molar-refractivity contribution in [3.8, 4) is 5.75 Å². The van der Waals surface area contributed by atoms with Gasteiger partial charge in [-0.25, -0.2) is 4.39 Å². The van der Waals surface area contributed by atoms with Gasteiger partial charge in [0.15, 0.2) is 0 Å². The maximum absolute atomic E-state index is 13.1. The van der Waals surface area contributed by atoms with Crippen molar-refractivity contribution in [2.45, 2.75) is 32.2 Å². The summed E-state index contributed by atoms with van der Waals surface area (Å²) in [6, 6.07) is 3.26. The third kappa shape index (κ3) is 3.13. The Balaban J connectivity index is 2.97. The molecule has 0 aliphatic heterocycles. The average Bonchev–Trinajstić information content (AvgIpc) is 2.38. The molecule has 100 valence electrons. The number of amides is 1. The van der Waals surface area contributed by atoms with Crippen LogP contribution in [0.3, 0.4) is 0 Å². The van der Waals surface area contributed by atoms with Gasteiger partial charge in [-0.1, -0.05) is 13.8 Å². The molecule has 0 radical (unpaired) electrons. The zero-order chi connectivity index (χ0) is 13.8. The van der Waals surface area contributed by atoms with E-state index in [1.165, 1.54) is 0 Å². The number of halogens is 2. The average molecular weight is 274 g/mol. The lowest BCUT2D eigenvalue weighted by Gasteiger charge is -2.30. The van der Waals surface area contributed by atoms with Crippen LogP contribution in [0, 0.1) is 5.82 Å². The Bertz CT molecular complexity index is 425. The van der Waals surface area contributed by atoms with Crippen LogP contribution in [0.15, 0.2) is 18.2 Å². The van der Waals surface area contributed by atoms with Crippen LogP contribution < -0.4 is 5.32 Å². The fourth-order valence-corrected chi connectivity index (χ4v) is 2.09. The lowest BCUT2D eigenvalue weighted by atomic mass is 9.94. The number of hydrogen-bond acceptors (Lipinski definition) is 2. The Morgan fingerprint density at radius 1 is 1.44 bits per heavy atom. The number of alkyl halides is 1. The van der Waals surface area contributed by atoms with Crippen molar-refractivity contribution in [2.24, 2.45) is 0 Å². The molecule has 0 spiro atoms. The maximum Gasteiger partial charge on any atom is 0.255 e. The summed E-state index contributed by atoms with van der Waals surface area (Å²) in [4.78, 5) is 12.0. The van der Waals surface area contributed by atoms with Gasteiger partial charge in [-0.2, -0.15) is 0 Å². The maximum atomic E-state index is 13.1. The second-order valence-corrected chi connectivity index (χ2v) is 4.50. The predicted molar refractivity (Wildman–Crippen MR) is 69.6 cm³/mol. The van der Waals surface area contributed by atoms with E-state index in [2.05, 4.69) is 5.32 Å². The first-order chi connectivity index (χ1) is 8.48. The number of phenolic OH excluding ortho intramolecular Hbond substituents is 1. The monoisotopic (exact) mass is 273 g/mol. The van der Waals surface area contributed by atoms with Crippen LogP contribution in [0.2, 0.25) is 0 Å². The van der Waals surface area contributed by atoms with Crippen LogP contribution in [-0.2, 0) is 0 Å². The van der Waals surface area contributed by atoms with Crippen LogP contribution >= 0.6 is 11.6 Å². The SMILES string of the molecule is CCC(CC)(CCl)NC(=O)c1cc(F)ccc1O. The molecule has 1 amide bonds. The van der Waals surface area contributed by atoms with E-state index in [4.69, 9.17) is 11.6 Å². The number of benzene rings is 1. The molecule has 18 heavy (non-hydrogen) atoms. The zero-order valence-electron chi connectivity index (χ0n) is 10.5. The van der Waals surface area contributed by atoms with E-state index in [9.17, 15) is 14.3 Å². The Labute approximate surface area is 111 Å². The number of aromatic hydroxyl groups is 1. The molecule has 0 bridgehead atoms. The molecule has 1 rings (SSSR count). The first kappa shape index (κ1) is 14.8. The van der Waals surface area contributed by atoms with Gasteiger partial charge in [0.05, 0.1) is 11.1 Å². The van der Waals surface area contributed by atoms with E-state index in [0.717, 1.165) is 18.2 Å². The number of rotatable bonds is 5. The minimum atomic E-state index is -0.567. The topological polar surface area (TPSA) is 49.3 Å². The molecule has 1 aromatic rings. The van der Waals surface area contributed by atoms with Crippen molar-refractivity contribution in [3.63, 3.8) is 0 Å². The fraction of sp³-hybridized carbons (Fsp3) is 0.462. The molecule has 0 atom stereocenters. The number of carbonyl (C=O) groups is 1. The first-order valence-electron chi connectivity index (χ1n) is 5.85. The molecule has 0 aromatic heterocycles. The van der Waals surface area contributed by atoms with Crippen LogP contribution in [0.4, 0.5) is 4.39 Å². The van der Waals surface area contributed by atoms with Gasteiger partial charge in [0.1, 0.15) is 11.6 Å². The minimum absolute atomic E-state index is 0.0774.